The second-order valence-corrected chi connectivity index (χ2v) is 2.55. The summed E-state index contributed by atoms with van der Waals surface area (Å²) in [5, 5.41) is 8.35. The van der Waals surface area contributed by atoms with E-state index in [1.165, 1.54) is 0 Å². The van der Waals surface area contributed by atoms with Crippen molar-refractivity contribution < 1.29 is 0 Å². The summed E-state index contributed by atoms with van der Waals surface area (Å²) in [6.45, 7) is 6.08. The van der Waals surface area contributed by atoms with Crippen molar-refractivity contribution in [3.05, 3.63) is 12.2 Å². The smallest absolute Gasteiger partial charge is 0.0694 e. The van der Waals surface area contributed by atoms with Crippen LogP contribution in [0.2, 0.25) is 0 Å². The normalized spacial score (nSPS) is 14.1. The van der Waals surface area contributed by atoms with Gasteiger partial charge in [0, 0.05) is 0 Å². The molecule has 0 aliphatic heterocycles. The second kappa shape index (κ2) is 4.14. The van der Waals surface area contributed by atoms with E-state index in [1.807, 2.05) is 19.1 Å². The fourth-order valence-electron chi connectivity index (χ4n) is 0.432. The number of nitrogens with zero attached hydrogens (tertiary/aromatic N) is 1. The fraction of sp³-hybridized carbons (Fsp3) is 0.625. The molecule has 50 valence electrons. The molecule has 1 atom stereocenters. The van der Waals surface area contributed by atoms with Crippen molar-refractivity contribution in [2.45, 2.75) is 20.8 Å². The molecule has 0 saturated heterocycles. The average Bonchev–Trinajstić information content (AvgIpc) is 1.83. The topological polar surface area (TPSA) is 23.8 Å². The number of nitriles is 1. The van der Waals surface area contributed by atoms with E-state index in [2.05, 4.69) is 19.9 Å². The number of hydrogen-bond acceptors (Lipinski definition) is 1. The monoisotopic (exact) mass is 123 g/mol. The summed E-state index contributed by atoms with van der Waals surface area (Å²) in [4.78, 5) is 0. The quantitative estimate of drug-likeness (QED) is 0.517. The van der Waals surface area contributed by atoms with Crippen molar-refractivity contribution in [1.82, 2.24) is 0 Å². The Morgan fingerprint density at radius 1 is 1.22 bits per heavy atom. The van der Waals surface area contributed by atoms with Crippen LogP contribution < -0.4 is 0 Å². The first-order valence-corrected chi connectivity index (χ1v) is 3.24. The Bertz CT molecular complexity index is 128. The van der Waals surface area contributed by atoms with Gasteiger partial charge >= 0.3 is 0 Å². The predicted octanol–water partition coefficient (Wildman–Crippen LogP) is 2.36. The zero-order valence-electron chi connectivity index (χ0n) is 6.26. The maximum Gasteiger partial charge on any atom is 0.0694 e. The van der Waals surface area contributed by atoms with Gasteiger partial charge in [-0.3, -0.25) is 0 Å². The molecule has 0 saturated carbocycles. The van der Waals surface area contributed by atoms with Gasteiger partial charge in [-0.25, -0.2) is 0 Å². The van der Waals surface area contributed by atoms with Crippen molar-refractivity contribution in [3.8, 4) is 6.07 Å². The Morgan fingerprint density at radius 3 is 2.11 bits per heavy atom. The minimum absolute atomic E-state index is 0.0624. The molecule has 0 aromatic heterocycles. The molecule has 0 amide bonds. The van der Waals surface area contributed by atoms with Crippen LogP contribution in [0, 0.1) is 23.2 Å². The number of hydrogen-bond donors (Lipinski definition) is 0. The third-order valence-electron chi connectivity index (χ3n) is 0.988. The van der Waals surface area contributed by atoms with Crippen molar-refractivity contribution in [2.24, 2.45) is 11.8 Å². The molecule has 0 heterocycles. The molecule has 0 aliphatic carbocycles. The third-order valence-corrected chi connectivity index (χ3v) is 0.988. The first-order chi connectivity index (χ1) is 4.16. The highest BCUT2D eigenvalue weighted by Crippen LogP contribution is 1.99. The molecule has 0 aliphatic rings. The van der Waals surface area contributed by atoms with Crippen LogP contribution in [0.4, 0.5) is 0 Å². The van der Waals surface area contributed by atoms with Gasteiger partial charge in [-0.05, 0) is 12.8 Å². The summed E-state index contributed by atoms with van der Waals surface area (Å²) in [5.41, 5.74) is 0. The number of rotatable bonds is 2. The molecule has 9 heavy (non-hydrogen) atoms. The summed E-state index contributed by atoms with van der Waals surface area (Å²) < 4.78 is 0. The molecule has 0 N–H and O–H groups in total. The Morgan fingerprint density at radius 2 is 1.78 bits per heavy atom. The summed E-state index contributed by atoms with van der Waals surface area (Å²) in [7, 11) is 0. The van der Waals surface area contributed by atoms with Gasteiger partial charge in [0.15, 0.2) is 0 Å². The van der Waals surface area contributed by atoms with Gasteiger partial charge in [-0.1, -0.05) is 26.0 Å². The predicted molar refractivity (Wildman–Crippen MR) is 38.8 cm³/mol. The molecule has 1 heteroatoms. The molecule has 0 aromatic rings. The van der Waals surface area contributed by atoms with E-state index in [0.29, 0.717) is 5.92 Å². The SMILES string of the molecule is CC(C)/C=C\C(C)C#N. The standard InChI is InChI=1S/C8H13N/c1-7(2)4-5-8(3)6-9/h4-5,7-8H,1-3H3/b5-4-. The fourth-order valence-corrected chi connectivity index (χ4v) is 0.432. The summed E-state index contributed by atoms with van der Waals surface area (Å²) in [6, 6.07) is 2.13. The Balaban J connectivity index is 3.60. The third kappa shape index (κ3) is 5.10. The zero-order valence-corrected chi connectivity index (χ0v) is 6.26. The maximum atomic E-state index is 8.35. The molecule has 0 bridgehead atoms. The lowest BCUT2D eigenvalue weighted by molar-refractivity contribution is 0.813. The lowest BCUT2D eigenvalue weighted by Crippen LogP contribution is -1.84. The second-order valence-electron chi connectivity index (χ2n) is 2.55. The van der Waals surface area contributed by atoms with Gasteiger partial charge < -0.3 is 0 Å². The molecule has 0 spiro atoms. The first kappa shape index (κ1) is 8.23. The molecule has 1 nitrogen and oxygen atoms in total. The van der Waals surface area contributed by atoms with E-state index in [1.54, 1.807) is 0 Å². The maximum absolute atomic E-state index is 8.35. The zero-order chi connectivity index (χ0) is 7.28. The molecular weight excluding hydrogens is 110 g/mol. The largest absolute Gasteiger partial charge is 0.198 e. The highest BCUT2D eigenvalue weighted by Gasteiger charge is 1.90. The molecule has 0 fully saturated rings. The average molecular weight is 123 g/mol. The molecule has 0 aromatic carbocycles. The van der Waals surface area contributed by atoms with E-state index in [0.717, 1.165) is 0 Å². The lowest BCUT2D eigenvalue weighted by atomic mass is 10.1. The first-order valence-electron chi connectivity index (χ1n) is 3.24. The Labute approximate surface area is 57.0 Å². The Hall–Kier alpha value is -0.770. The van der Waals surface area contributed by atoms with Crippen molar-refractivity contribution in [2.75, 3.05) is 0 Å². The molecule has 1 unspecified atom stereocenters. The summed E-state index contributed by atoms with van der Waals surface area (Å²) >= 11 is 0. The van der Waals surface area contributed by atoms with Crippen molar-refractivity contribution in [3.63, 3.8) is 0 Å². The molecule has 0 rings (SSSR count). The minimum Gasteiger partial charge on any atom is -0.198 e. The van der Waals surface area contributed by atoms with Crippen molar-refractivity contribution in [1.29, 1.82) is 5.26 Å². The summed E-state index contributed by atoms with van der Waals surface area (Å²) in [5.74, 6) is 0.619. The Kier molecular flexibility index (Phi) is 3.79. The van der Waals surface area contributed by atoms with Crippen molar-refractivity contribution >= 4 is 0 Å². The van der Waals surface area contributed by atoms with E-state index in [-0.39, 0.29) is 5.92 Å². The van der Waals surface area contributed by atoms with Crippen LogP contribution in [0.15, 0.2) is 12.2 Å². The van der Waals surface area contributed by atoms with E-state index < -0.39 is 0 Å². The van der Waals surface area contributed by atoms with Crippen LogP contribution in [0.3, 0.4) is 0 Å². The van der Waals surface area contributed by atoms with E-state index >= 15 is 0 Å². The van der Waals surface area contributed by atoms with Gasteiger partial charge in [0.1, 0.15) is 0 Å². The van der Waals surface area contributed by atoms with Gasteiger partial charge in [0.25, 0.3) is 0 Å². The van der Waals surface area contributed by atoms with Gasteiger partial charge in [-0.2, -0.15) is 5.26 Å². The summed E-state index contributed by atoms with van der Waals surface area (Å²) in [6.07, 6.45) is 3.98. The number of allylic oxidation sites excluding steroid dienone is 2. The van der Waals surface area contributed by atoms with Crippen LogP contribution >= 0.6 is 0 Å². The van der Waals surface area contributed by atoms with Crippen LogP contribution in [-0.2, 0) is 0 Å². The van der Waals surface area contributed by atoms with Gasteiger partial charge in [0.05, 0.1) is 12.0 Å². The molecule has 0 radical (unpaired) electrons. The van der Waals surface area contributed by atoms with Crippen LogP contribution in [0.5, 0.6) is 0 Å². The van der Waals surface area contributed by atoms with E-state index in [4.69, 9.17) is 5.26 Å². The van der Waals surface area contributed by atoms with Crippen LogP contribution in [0.1, 0.15) is 20.8 Å². The van der Waals surface area contributed by atoms with Gasteiger partial charge in [0.2, 0.25) is 0 Å². The lowest BCUT2D eigenvalue weighted by Gasteiger charge is -1.93. The van der Waals surface area contributed by atoms with Crippen LogP contribution in [-0.4, -0.2) is 0 Å². The highest BCUT2D eigenvalue weighted by atomic mass is 14.2. The van der Waals surface area contributed by atoms with Gasteiger partial charge in [-0.15, -0.1) is 0 Å². The molecular formula is C8H13N. The van der Waals surface area contributed by atoms with Crippen LogP contribution in [0.25, 0.3) is 0 Å². The highest BCUT2D eigenvalue weighted by molar-refractivity contribution is 4.98. The van der Waals surface area contributed by atoms with E-state index in [9.17, 15) is 0 Å². The minimum atomic E-state index is 0.0624.